The Morgan fingerprint density at radius 1 is 0.968 bits per heavy atom. The van der Waals surface area contributed by atoms with Gasteiger partial charge in [0, 0.05) is 18.0 Å². The summed E-state index contributed by atoms with van der Waals surface area (Å²) in [5.41, 5.74) is 2.33. The quantitative estimate of drug-likeness (QED) is 0.484. The Morgan fingerprint density at radius 2 is 1.74 bits per heavy atom. The summed E-state index contributed by atoms with van der Waals surface area (Å²) in [7, 11) is 0. The van der Waals surface area contributed by atoms with Gasteiger partial charge in [-0.3, -0.25) is 14.5 Å². The Hall–Kier alpha value is -4.07. The molecular formula is C23H22N6O2. The standard InChI is InChI=1S/C23H22N6O2/c1-17-14-18(2)29(25-17)21-11-12-22(30)28(26-21)16-23(31)27(20-10-6-7-13-24-20)15-19-8-4-3-5-9-19/h3-14H,15-16H2,1-2H3. The topological polar surface area (TPSA) is 85.9 Å². The maximum atomic E-state index is 13.3. The molecule has 0 bridgehead atoms. The Labute approximate surface area is 179 Å². The summed E-state index contributed by atoms with van der Waals surface area (Å²) in [6.45, 7) is 3.92. The summed E-state index contributed by atoms with van der Waals surface area (Å²) >= 11 is 0. The second kappa shape index (κ2) is 8.74. The van der Waals surface area contributed by atoms with Gasteiger partial charge in [-0.15, -0.1) is 5.10 Å². The summed E-state index contributed by atoms with van der Waals surface area (Å²) in [5.74, 6) is 0.701. The number of carbonyl (C=O) groups is 1. The van der Waals surface area contributed by atoms with Crippen molar-refractivity contribution in [2.24, 2.45) is 0 Å². The Kier molecular flexibility index (Phi) is 5.70. The van der Waals surface area contributed by atoms with Crippen LogP contribution >= 0.6 is 0 Å². The zero-order valence-electron chi connectivity index (χ0n) is 17.3. The van der Waals surface area contributed by atoms with Crippen molar-refractivity contribution in [3.05, 3.63) is 100 Å². The van der Waals surface area contributed by atoms with Gasteiger partial charge in [-0.1, -0.05) is 36.4 Å². The summed E-state index contributed by atoms with van der Waals surface area (Å²) in [6, 6.07) is 19.9. The molecule has 1 aromatic carbocycles. The minimum Gasteiger partial charge on any atom is -0.291 e. The van der Waals surface area contributed by atoms with Gasteiger partial charge in [0.15, 0.2) is 5.82 Å². The molecule has 0 saturated heterocycles. The number of aryl methyl sites for hydroxylation is 2. The van der Waals surface area contributed by atoms with Crippen molar-refractivity contribution in [3.63, 3.8) is 0 Å². The molecule has 8 heteroatoms. The van der Waals surface area contributed by atoms with Gasteiger partial charge in [0.2, 0.25) is 5.91 Å². The van der Waals surface area contributed by atoms with Gasteiger partial charge in [0.1, 0.15) is 12.4 Å². The number of nitrogens with zero attached hydrogens (tertiary/aromatic N) is 6. The van der Waals surface area contributed by atoms with Crippen molar-refractivity contribution >= 4 is 11.7 Å². The van der Waals surface area contributed by atoms with Gasteiger partial charge >= 0.3 is 0 Å². The summed E-state index contributed by atoms with van der Waals surface area (Å²) in [6.07, 6.45) is 1.63. The van der Waals surface area contributed by atoms with Crippen LogP contribution in [-0.4, -0.2) is 30.5 Å². The number of aromatic nitrogens is 5. The van der Waals surface area contributed by atoms with Crippen LogP contribution in [0.5, 0.6) is 0 Å². The average Bonchev–Trinajstić information content (AvgIpc) is 3.12. The highest BCUT2D eigenvalue weighted by molar-refractivity contribution is 5.92. The van der Waals surface area contributed by atoms with Crippen molar-refractivity contribution in [2.75, 3.05) is 4.90 Å². The van der Waals surface area contributed by atoms with Gasteiger partial charge in [-0.05, 0) is 43.7 Å². The molecule has 0 saturated carbocycles. The van der Waals surface area contributed by atoms with Crippen LogP contribution in [0.25, 0.3) is 5.82 Å². The van der Waals surface area contributed by atoms with E-state index in [0.29, 0.717) is 18.2 Å². The molecule has 4 rings (SSSR count). The first-order valence-electron chi connectivity index (χ1n) is 9.88. The molecule has 0 spiro atoms. The minimum atomic E-state index is -0.362. The van der Waals surface area contributed by atoms with Crippen molar-refractivity contribution in [1.82, 2.24) is 24.5 Å². The van der Waals surface area contributed by atoms with Crippen LogP contribution in [0.2, 0.25) is 0 Å². The lowest BCUT2D eigenvalue weighted by atomic mass is 10.2. The predicted molar refractivity (Wildman–Crippen MR) is 117 cm³/mol. The molecule has 1 amide bonds. The van der Waals surface area contributed by atoms with E-state index in [4.69, 9.17) is 0 Å². The van der Waals surface area contributed by atoms with Crippen LogP contribution in [0.15, 0.2) is 77.7 Å². The van der Waals surface area contributed by atoms with Crippen LogP contribution in [0.3, 0.4) is 0 Å². The van der Waals surface area contributed by atoms with Gasteiger partial charge in [-0.25, -0.2) is 14.3 Å². The first-order valence-corrected chi connectivity index (χ1v) is 9.88. The number of carbonyl (C=O) groups excluding carboxylic acids is 1. The molecule has 0 atom stereocenters. The molecule has 0 radical (unpaired) electrons. The average molecular weight is 414 g/mol. The third kappa shape index (κ3) is 4.58. The molecule has 4 aromatic rings. The van der Waals surface area contributed by atoms with Gasteiger partial charge in [0.25, 0.3) is 5.56 Å². The molecule has 8 nitrogen and oxygen atoms in total. The highest BCUT2D eigenvalue weighted by Crippen LogP contribution is 2.15. The molecule has 0 fully saturated rings. The molecule has 0 unspecified atom stereocenters. The van der Waals surface area contributed by atoms with Crippen molar-refractivity contribution in [3.8, 4) is 5.82 Å². The Bertz CT molecular complexity index is 1250. The largest absolute Gasteiger partial charge is 0.291 e. The number of amides is 1. The van der Waals surface area contributed by atoms with E-state index in [2.05, 4.69) is 15.2 Å². The molecule has 0 aliphatic heterocycles. The zero-order chi connectivity index (χ0) is 21.8. The summed E-state index contributed by atoms with van der Waals surface area (Å²) < 4.78 is 2.81. The fourth-order valence-corrected chi connectivity index (χ4v) is 3.32. The lowest BCUT2D eigenvalue weighted by molar-refractivity contribution is -0.119. The van der Waals surface area contributed by atoms with Gasteiger partial charge in [0.05, 0.1) is 12.2 Å². The van der Waals surface area contributed by atoms with Crippen molar-refractivity contribution in [2.45, 2.75) is 26.9 Å². The molecule has 3 heterocycles. The Balaban J connectivity index is 1.65. The van der Waals surface area contributed by atoms with Crippen LogP contribution < -0.4 is 10.5 Å². The smallest absolute Gasteiger partial charge is 0.267 e. The van der Waals surface area contributed by atoms with E-state index in [1.54, 1.807) is 34.0 Å². The van der Waals surface area contributed by atoms with Gasteiger partial charge < -0.3 is 0 Å². The molecule has 0 aliphatic carbocycles. The number of hydrogen-bond acceptors (Lipinski definition) is 5. The molecule has 156 valence electrons. The highest BCUT2D eigenvalue weighted by Gasteiger charge is 2.19. The highest BCUT2D eigenvalue weighted by atomic mass is 16.2. The van der Waals surface area contributed by atoms with E-state index in [-0.39, 0.29) is 18.0 Å². The van der Waals surface area contributed by atoms with Gasteiger partial charge in [-0.2, -0.15) is 5.10 Å². The fraction of sp³-hybridized carbons (Fsp3) is 0.174. The normalized spacial score (nSPS) is 10.8. The van der Waals surface area contributed by atoms with E-state index >= 15 is 0 Å². The molecular weight excluding hydrogens is 392 g/mol. The summed E-state index contributed by atoms with van der Waals surface area (Å²) in [4.78, 5) is 31.6. The van der Waals surface area contributed by atoms with Crippen molar-refractivity contribution < 1.29 is 4.79 Å². The minimum absolute atomic E-state index is 0.213. The number of hydrogen-bond donors (Lipinski definition) is 0. The number of benzene rings is 1. The number of anilines is 1. The SMILES string of the molecule is Cc1cc(C)n(-c2ccc(=O)n(CC(=O)N(Cc3ccccc3)c3ccccn3)n2)n1. The summed E-state index contributed by atoms with van der Waals surface area (Å²) in [5, 5.41) is 8.78. The number of pyridine rings is 1. The van der Waals surface area contributed by atoms with Crippen LogP contribution in [0, 0.1) is 13.8 Å². The van der Waals surface area contributed by atoms with Crippen molar-refractivity contribution in [1.29, 1.82) is 0 Å². The van der Waals surface area contributed by atoms with E-state index in [1.807, 2.05) is 56.3 Å². The maximum absolute atomic E-state index is 13.3. The third-order valence-electron chi connectivity index (χ3n) is 4.77. The van der Waals surface area contributed by atoms with Crippen LogP contribution in [-0.2, 0) is 17.9 Å². The monoisotopic (exact) mass is 414 g/mol. The maximum Gasteiger partial charge on any atom is 0.267 e. The second-order valence-electron chi connectivity index (χ2n) is 7.18. The first kappa shape index (κ1) is 20.2. The molecule has 0 aliphatic rings. The first-order chi connectivity index (χ1) is 15.0. The van der Waals surface area contributed by atoms with Crippen LogP contribution in [0.1, 0.15) is 17.0 Å². The Morgan fingerprint density at radius 3 is 2.42 bits per heavy atom. The van der Waals surface area contributed by atoms with E-state index in [0.717, 1.165) is 21.6 Å². The van der Waals surface area contributed by atoms with E-state index < -0.39 is 0 Å². The predicted octanol–water partition coefficient (Wildman–Crippen LogP) is 2.67. The third-order valence-corrected chi connectivity index (χ3v) is 4.77. The fourth-order valence-electron chi connectivity index (χ4n) is 3.32. The van der Waals surface area contributed by atoms with Crippen LogP contribution in [0.4, 0.5) is 5.82 Å². The van der Waals surface area contributed by atoms with E-state index in [9.17, 15) is 9.59 Å². The molecule has 0 N–H and O–H groups in total. The molecule has 3 aromatic heterocycles. The number of rotatable bonds is 6. The van der Waals surface area contributed by atoms with E-state index in [1.165, 1.54) is 6.07 Å². The lowest BCUT2D eigenvalue weighted by Crippen LogP contribution is -2.37. The zero-order valence-corrected chi connectivity index (χ0v) is 17.3. The lowest BCUT2D eigenvalue weighted by Gasteiger charge is -2.22. The second-order valence-corrected chi connectivity index (χ2v) is 7.18. The molecule has 31 heavy (non-hydrogen) atoms.